The summed E-state index contributed by atoms with van der Waals surface area (Å²) in [5.74, 6) is 0.389. The summed E-state index contributed by atoms with van der Waals surface area (Å²) in [6.07, 6.45) is 5.73. The van der Waals surface area contributed by atoms with E-state index < -0.39 is 0 Å². The van der Waals surface area contributed by atoms with Crippen LogP contribution >= 0.6 is 0 Å². The molecule has 4 nitrogen and oxygen atoms in total. The number of nitrogens with zero attached hydrogens (tertiary/aromatic N) is 3. The van der Waals surface area contributed by atoms with Crippen molar-refractivity contribution in [2.24, 2.45) is 11.3 Å². The summed E-state index contributed by atoms with van der Waals surface area (Å²) in [4.78, 5) is 0. The highest BCUT2D eigenvalue weighted by atomic mass is 16.3. The first-order valence-electron chi connectivity index (χ1n) is 20.6. The van der Waals surface area contributed by atoms with Crippen molar-refractivity contribution in [3.63, 3.8) is 0 Å². The van der Waals surface area contributed by atoms with Crippen LogP contribution in [0.5, 0.6) is 0 Å². The summed E-state index contributed by atoms with van der Waals surface area (Å²) in [5, 5.41) is 16.5. The number of nitriles is 1. The zero-order valence-corrected chi connectivity index (χ0v) is 35.8. The van der Waals surface area contributed by atoms with Gasteiger partial charge in [-0.05, 0) is 111 Å². The Morgan fingerprint density at radius 2 is 1.14 bits per heavy atom. The van der Waals surface area contributed by atoms with Gasteiger partial charge in [0.1, 0.15) is 11.3 Å². The summed E-state index contributed by atoms with van der Waals surface area (Å²) in [6, 6.07) is 33.9. The molecule has 288 valence electrons. The third-order valence-electron chi connectivity index (χ3n) is 12.7. The molecular formula is C53H55N3O. The van der Waals surface area contributed by atoms with Crippen LogP contribution in [0.25, 0.3) is 72.1 Å². The average Bonchev–Trinajstić information content (AvgIpc) is 3.80. The van der Waals surface area contributed by atoms with Crippen LogP contribution in [-0.2, 0) is 22.7 Å². The number of furan rings is 1. The van der Waals surface area contributed by atoms with Crippen molar-refractivity contribution < 1.29 is 4.42 Å². The molecule has 1 unspecified atom stereocenters. The van der Waals surface area contributed by atoms with E-state index in [0.717, 1.165) is 56.3 Å². The fourth-order valence-corrected chi connectivity index (χ4v) is 9.13. The molecule has 1 aliphatic carbocycles. The lowest BCUT2D eigenvalue weighted by Crippen LogP contribution is -2.23. The van der Waals surface area contributed by atoms with Crippen LogP contribution in [0.4, 0.5) is 0 Å². The minimum Gasteiger partial charge on any atom is -0.454 e. The number of aromatic nitrogens is 2. The Morgan fingerprint density at radius 1 is 0.614 bits per heavy atom. The largest absolute Gasteiger partial charge is 0.454 e. The number of allylic oxidation sites excluding steroid dienone is 1. The van der Waals surface area contributed by atoms with E-state index >= 15 is 0 Å². The van der Waals surface area contributed by atoms with Crippen molar-refractivity contribution in [3.8, 4) is 17.4 Å². The third-order valence-corrected chi connectivity index (χ3v) is 12.7. The van der Waals surface area contributed by atoms with E-state index in [2.05, 4.69) is 177 Å². The second-order valence-corrected chi connectivity index (χ2v) is 20.7. The standard InChI is InChI=1S/C53H55N3O/c1-50(2,3)32-17-21-41-37(26-32)38-27-33(51(4,5)6)18-22-42(38)55(41)45-25-31(30-54)47-36-15-13-14-16-46(36)57-49(47)48(45)56-43-23-19-34(52(7,8)9)28-39(43)40-29-35(53(10,11)12)20-24-44(40)56/h13-28,35H,29H2,1-12H3. The lowest BCUT2D eigenvalue weighted by molar-refractivity contribution is 0.291. The van der Waals surface area contributed by atoms with Gasteiger partial charge in [-0.15, -0.1) is 0 Å². The molecule has 0 radical (unpaired) electrons. The van der Waals surface area contributed by atoms with Crippen LogP contribution in [0.1, 0.15) is 117 Å². The van der Waals surface area contributed by atoms with Crippen molar-refractivity contribution in [2.45, 2.75) is 106 Å². The van der Waals surface area contributed by atoms with Crippen molar-refractivity contribution >= 4 is 60.7 Å². The van der Waals surface area contributed by atoms with Crippen molar-refractivity contribution in [1.29, 1.82) is 5.26 Å². The molecule has 3 aromatic heterocycles. The van der Waals surface area contributed by atoms with Gasteiger partial charge in [0.15, 0.2) is 5.58 Å². The molecule has 0 spiro atoms. The average molecular weight is 750 g/mol. The summed E-state index contributed by atoms with van der Waals surface area (Å²) >= 11 is 0. The Kier molecular flexibility index (Phi) is 7.96. The topological polar surface area (TPSA) is 46.8 Å². The quantitative estimate of drug-likeness (QED) is 0.177. The van der Waals surface area contributed by atoms with Crippen LogP contribution in [0.2, 0.25) is 0 Å². The van der Waals surface area contributed by atoms with E-state index in [1.807, 2.05) is 18.2 Å². The molecule has 1 aliphatic rings. The Bertz CT molecular complexity index is 2960. The van der Waals surface area contributed by atoms with E-state index in [-0.39, 0.29) is 21.7 Å². The van der Waals surface area contributed by atoms with Gasteiger partial charge in [-0.2, -0.15) is 5.26 Å². The Balaban J connectivity index is 1.49. The molecule has 57 heavy (non-hydrogen) atoms. The van der Waals surface area contributed by atoms with E-state index in [9.17, 15) is 5.26 Å². The summed E-state index contributed by atoms with van der Waals surface area (Å²) < 4.78 is 11.9. The van der Waals surface area contributed by atoms with Crippen LogP contribution in [0.15, 0.2) is 95.4 Å². The van der Waals surface area contributed by atoms with Gasteiger partial charge in [-0.25, -0.2) is 0 Å². The second-order valence-electron chi connectivity index (χ2n) is 20.7. The number of rotatable bonds is 2. The summed E-state index contributed by atoms with van der Waals surface area (Å²) in [6.45, 7) is 27.6. The van der Waals surface area contributed by atoms with Gasteiger partial charge >= 0.3 is 0 Å². The molecule has 3 heterocycles. The highest BCUT2D eigenvalue weighted by molar-refractivity contribution is 6.15. The lowest BCUT2D eigenvalue weighted by Gasteiger charge is -2.31. The Morgan fingerprint density at radius 3 is 1.67 bits per heavy atom. The molecule has 0 aliphatic heterocycles. The predicted octanol–water partition coefficient (Wildman–Crippen LogP) is 14.6. The maximum atomic E-state index is 11.0. The van der Waals surface area contributed by atoms with Gasteiger partial charge in [-0.1, -0.05) is 126 Å². The molecule has 4 heteroatoms. The van der Waals surface area contributed by atoms with E-state index in [1.54, 1.807) is 0 Å². The Hall–Kier alpha value is -5.53. The van der Waals surface area contributed by atoms with Crippen LogP contribution in [0, 0.1) is 22.7 Å². The molecule has 0 saturated heterocycles. The predicted molar refractivity (Wildman–Crippen MR) is 241 cm³/mol. The van der Waals surface area contributed by atoms with Crippen LogP contribution in [0.3, 0.4) is 0 Å². The van der Waals surface area contributed by atoms with Gasteiger partial charge in [0.05, 0.1) is 33.9 Å². The monoisotopic (exact) mass is 749 g/mol. The smallest absolute Gasteiger partial charge is 0.162 e. The highest BCUT2D eigenvalue weighted by Gasteiger charge is 2.33. The van der Waals surface area contributed by atoms with E-state index in [0.29, 0.717) is 11.5 Å². The molecule has 5 aromatic carbocycles. The maximum Gasteiger partial charge on any atom is 0.162 e. The molecule has 0 bridgehead atoms. The van der Waals surface area contributed by atoms with E-state index in [1.165, 1.54) is 44.1 Å². The highest BCUT2D eigenvalue weighted by Crippen LogP contribution is 2.48. The summed E-state index contributed by atoms with van der Waals surface area (Å²) in [7, 11) is 0. The SMILES string of the molecule is CC(C)(C)c1ccc2c(c1)c1c(n2-c2c(-n3c4ccc(C(C)(C)C)cc4c4cc(C(C)(C)C)ccc43)cc(C#N)c3c2oc2ccccc23)C=CC(C(C)(C)C)C1. The number of benzene rings is 5. The zero-order valence-electron chi connectivity index (χ0n) is 35.8. The molecule has 9 rings (SSSR count). The first kappa shape index (κ1) is 37.1. The minimum atomic E-state index is -0.0249. The molecule has 0 N–H and O–H groups in total. The van der Waals surface area contributed by atoms with Gasteiger partial charge in [0.25, 0.3) is 0 Å². The van der Waals surface area contributed by atoms with Gasteiger partial charge < -0.3 is 13.6 Å². The molecule has 0 saturated carbocycles. The van der Waals surface area contributed by atoms with Gasteiger partial charge in [0.2, 0.25) is 0 Å². The number of fused-ring (bicyclic) bond motifs is 9. The van der Waals surface area contributed by atoms with Crippen molar-refractivity contribution in [2.75, 3.05) is 0 Å². The molecular weight excluding hydrogens is 695 g/mol. The molecule has 8 aromatic rings. The number of para-hydroxylation sites is 1. The van der Waals surface area contributed by atoms with Crippen LogP contribution < -0.4 is 0 Å². The minimum absolute atomic E-state index is 0.0104. The van der Waals surface area contributed by atoms with E-state index in [4.69, 9.17) is 4.42 Å². The Labute approximate surface area is 337 Å². The molecule has 0 amide bonds. The van der Waals surface area contributed by atoms with Crippen molar-refractivity contribution in [1.82, 2.24) is 9.13 Å². The fraction of sp³-hybridized carbons (Fsp3) is 0.340. The lowest BCUT2D eigenvalue weighted by atomic mass is 9.74. The zero-order chi connectivity index (χ0) is 40.6. The first-order valence-corrected chi connectivity index (χ1v) is 20.6. The number of hydrogen-bond donors (Lipinski definition) is 0. The summed E-state index contributed by atoms with van der Waals surface area (Å²) in [5.41, 5.74) is 13.8. The molecule has 0 fully saturated rings. The van der Waals surface area contributed by atoms with Gasteiger partial charge in [0, 0.05) is 32.6 Å². The van der Waals surface area contributed by atoms with Crippen molar-refractivity contribution in [3.05, 3.63) is 125 Å². The normalized spacial score (nSPS) is 15.4. The fourth-order valence-electron chi connectivity index (χ4n) is 9.13. The third kappa shape index (κ3) is 5.76. The first-order chi connectivity index (χ1) is 26.8. The second kappa shape index (κ2) is 12.2. The van der Waals surface area contributed by atoms with Crippen LogP contribution in [-0.4, -0.2) is 9.13 Å². The number of hydrogen-bond acceptors (Lipinski definition) is 2. The molecule has 1 atom stereocenters. The van der Waals surface area contributed by atoms with Gasteiger partial charge in [-0.3, -0.25) is 0 Å². The maximum absolute atomic E-state index is 11.0.